The molecule has 0 saturated carbocycles. The average molecular weight is 341 g/mol. The van der Waals surface area contributed by atoms with E-state index in [-0.39, 0.29) is 12.1 Å². The quantitative estimate of drug-likeness (QED) is 0.921. The van der Waals surface area contributed by atoms with Gasteiger partial charge in [0.25, 0.3) is 0 Å². The summed E-state index contributed by atoms with van der Waals surface area (Å²) >= 11 is 0. The number of carbonyl (C=O) groups is 1. The first-order chi connectivity index (χ1) is 12.2. The van der Waals surface area contributed by atoms with Gasteiger partial charge in [0.05, 0.1) is 6.54 Å². The van der Waals surface area contributed by atoms with Crippen LogP contribution in [0.3, 0.4) is 0 Å². The number of urea groups is 1. The Bertz CT molecular complexity index is 742. The van der Waals surface area contributed by atoms with Crippen molar-refractivity contribution in [1.29, 1.82) is 0 Å². The number of likely N-dealkylation sites (tertiary alicyclic amines) is 1. The lowest BCUT2D eigenvalue weighted by atomic mass is 10.0. The Morgan fingerprint density at radius 3 is 2.84 bits per heavy atom. The van der Waals surface area contributed by atoms with Gasteiger partial charge in [0.1, 0.15) is 0 Å². The van der Waals surface area contributed by atoms with E-state index in [2.05, 4.69) is 27.3 Å². The van der Waals surface area contributed by atoms with E-state index in [1.807, 2.05) is 29.2 Å². The van der Waals surface area contributed by atoms with E-state index in [1.54, 1.807) is 0 Å². The van der Waals surface area contributed by atoms with Gasteiger partial charge in [-0.3, -0.25) is 4.90 Å². The lowest BCUT2D eigenvalue weighted by molar-refractivity contribution is 0.115. The molecule has 0 aliphatic carbocycles. The lowest BCUT2D eigenvalue weighted by Crippen LogP contribution is -2.48. The van der Waals surface area contributed by atoms with Gasteiger partial charge in [-0.15, -0.1) is 10.2 Å². The van der Waals surface area contributed by atoms with Crippen LogP contribution in [0, 0.1) is 6.92 Å². The summed E-state index contributed by atoms with van der Waals surface area (Å²) in [5.41, 5.74) is 2.14. The SMILES string of the molecule is Cc1ccc(-c2nnc(CN3CCC[C@@H](N4CCNC4=O)C3)o2)cc1. The van der Waals surface area contributed by atoms with E-state index >= 15 is 0 Å². The fourth-order valence-electron chi connectivity index (χ4n) is 3.59. The number of nitrogens with zero attached hydrogens (tertiary/aromatic N) is 4. The van der Waals surface area contributed by atoms with Crippen molar-refractivity contribution in [2.45, 2.75) is 32.4 Å². The van der Waals surface area contributed by atoms with Crippen LogP contribution in [0.4, 0.5) is 4.79 Å². The third kappa shape index (κ3) is 3.51. The van der Waals surface area contributed by atoms with Crippen LogP contribution in [0.2, 0.25) is 0 Å². The molecule has 2 amide bonds. The molecular weight excluding hydrogens is 318 g/mol. The summed E-state index contributed by atoms with van der Waals surface area (Å²) in [6.07, 6.45) is 2.13. The van der Waals surface area contributed by atoms with Crippen LogP contribution in [0.5, 0.6) is 0 Å². The van der Waals surface area contributed by atoms with Crippen molar-refractivity contribution < 1.29 is 9.21 Å². The molecular formula is C18H23N5O2. The minimum Gasteiger partial charge on any atom is -0.419 e. The average Bonchev–Trinajstić information content (AvgIpc) is 3.25. The molecule has 4 rings (SSSR count). The molecule has 2 aliphatic rings. The molecule has 25 heavy (non-hydrogen) atoms. The molecule has 7 nitrogen and oxygen atoms in total. The third-order valence-electron chi connectivity index (χ3n) is 4.94. The van der Waals surface area contributed by atoms with Crippen LogP contribution in [0.15, 0.2) is 28.7 Å². The monoisotopic (exact) mass is 341 g/mol. The summed E-state index contributed by atoms with van der Waals surface area (Å²) in [5, 5.41) is 11.3. The maximum absolute atomic E-state index is 11.9. The van der Waals surface area contributed by atoms with Crippen molar-refractivity contribution in [3.8, 4) is 11.5 Å². The number of hydrogen-bond donors (Lipinski definition) is 1. The highest BCUT2D eigenvalue weighted by atomic mass is 16.4. The first-order valence-corrected chi connectivity index (χ1v) is 8.85. The van der Waals surface area contributed by atoms with E-state index in [1.165, 1.54) is 5.56 Å². The molecule has 2 fully saturated rings. The Hall–Kier alpha value is -2.41. The molecule has 7 heteroatoms. The van der Waals surface area contributed by atoms with Gasteiger partial charge in [0.15, 0.2) is 0 Å². The zero-order valence-electron chi connectivity index (χ0n) is 14.4. The van der Waals surface area contributed by atoms with Gasteiger partial charge in [0, 0.05) is 31.2 Å². The normalized spacial score (nSPS) is 21.6. The second-order valence-corrected chi connectivity index (χ2v) is 6.82. The lowest BCUT2D eigenvalue weighted by Gasteiger charge is -2.36. The van der Waals surface area contributed by atoms with Crippen LogP contribution in [0.1, 0.15) is 24.3 Å². The van der Waals surface area contributed by atoms with Gasteiger partial charge in [0.2, 0.25) is 11.8 Å². The van der Waals surface area contributed by atoms with Gasteiger partial charge in [-0.2, -0.15) is 0 Å². The molecule has 1 N–H and O–H groups in total. The summed E-state index contributed by atoms with van der Waals surface area (Å²) in [7, 11) is 0. The molecule has 0 radical (unpaired) electrons. The summed E-state index contributed by atoms with van der Waals surface area (Å²) in [5.74, 6) is 1.18. The number of nitrogens with one attached hydrogen (secondary N) is 1. The number of aryl methyl sites for hydroxylation is 1. The summed E-state index contributed by atoms with van der Waals surface area (Å²) < 4.78 is 5.84. The van der Waals surface area contributed by atoms with Gasteiger partial charge < -0.3 is 14.6 Å². The van der Waals surface area contributed by atoms with Crippen molar-refractivity contribution in [3.63, 3.8) is 0 Å². The van der Waals surface area contributed by atoms with Crippen molar-refractivity contribution in [2.75, 3.05) is 26.2 Å². The second-order valence-electron chi connectivity index (χ2n) is 6.82. The fraction of sp³-hybridized carbons (Fsp3) is 0.500. The minimum atomic E-state index is 0.0614. The van der Waals surface area contributed by atoms with Crippen molar-refractivity contribution in [1.82, 2.24) is 25.3 Å². The maximum Gasteiger partial charge on any atom is 0.317 e. The minimum absolute atomic E-state index is 0.0614. The number of rotatable bonds is 4. The molecule has 0 spiro atoms. The van der Waals surface area contributed by atoms with Crippen LogP contribution < -0.4 is 5.32 Å². The van der Waals surface area contributed by atoms with Crippen LogP contribution in [0.25, 0.3) is 11.5 Å². The first kappa shape index (κ1) is 16.1. The summed E-state index contributed by atoms with van der Waals surface area (Å²) in [6.45, 7) is 6.08. The highest BCUT2D eigenvalue weighted by Crippen LogP contribution is 2.22. The molecule has 2 saturated heterocycles. The highest BCUT2D eigenvalue weighted by Gasteiger charge is 2.31. The van der Waals surface area contributed by atoms with E-state index in [0.717, 1.165) is 44.6 Å². The number of aromatic nitrogens is 2. The molecule has 1 atom stereocenters. The second kappa shape index (κ2) is 6.84. The van der Waals surface area contributed by atoms with Gasteiger partial charge >= 0.3 is 6.03 Å². The van der Waals surface area contributed by atoms with Gasteiger partial charge in [-0.25, -0.2) is 4.79 Å². The molecule has 2 aromatic rings. The van der Waals surface area contributed by atoms with Crippen LogP contribution in [-0.4, -0.2) is 58.2 Å². The van der Waals surface area contributed by atoms with E-state index < -0.39 is 0 Å². The Morgan fingerprint density at radius 1 is 1.24 bits per heavy atom. The number of amides is 2. The summed E-state index contributed by atoms with van der Waals surface area (Å²) in [6, 6.07) is 8.40. The molecule has 2 aliphatic heterocycles. The topological polar surface area (TPSA) is 74.5 Å². The van der Waals surface area contributed by atoms with E-state index in [0.29, 0.717) is 18.3 Å². The first-order valence-electron chi connectivity index (χ1n) is 8.85. The van der Waals surface area contributed by atoms with Crippen molar-refractivity contribution in [2.24, 2.45) is 0 Å². The molecule has 0 unspecified atom stereocenters. The van der Waals surface area contributed by atoms with E-state index in [4.69, 9.17) is 4.42 Å². The Balaban J connectivity index is 1.40. The number of carbonyl (C=O) groups excluding carboxylic acids is 1. The number of hydrogen-bond acceptors (Lipinski definition) is 5. The number of piperidine rings is 1. The Kier molecular flexibility index (Phi) is 4.40. The van der Waals surface area contributed by atoms with Gasteiger partial charge in [-0.05, 0) is 38.4 Å². The highest BCUT2D eigenvalue weighted by molar-refractivity contribution is 5.76. The standard InChI is InChI=1S/C18H23N5O2/c1-13-4-6-14(7-5-13)17-21-20-16(25-17)12-22-9-2-3-15(11-22)23-10-8-19-18(23)24/h4-7,15H,2-3,8-12H2,1H3,(H,19,24)/t15-/m1/s1. The zero-order valence-corrected chi connectivity index (χ0v) is 14.4. The number of benzene rings is 1. The molecule has 132 valence electrons. The fourth-order valence-corrected chi connectivity index (χ4v) is 3.59. The van der Waals surface area contributed by atoms with E-state index in [9.17, 15) is 4.79 Å². The van der Waals surface area contributed by atoms with Crippen LogP contribution in [-0.2, 0) is 6.54 Å². The van der Waals surface area contributed by atoms with Gasteiger partial charge in [-0.1, -0.05) is 17.7 Å². The molecule has 1 aromatic carbocycles. The molecule has 0 bridgehead atoms. The summed E-state index contributed by atoms with van der Waals surface area (Å²) in [4.78, 5) is 16.1. The zero-order chi connectivity index (χ0) is 17.2. The van der Waals surface area contributed by atoms with Crippen molar-refractivity contribution >= 4 is 6.03 Å². The smallest absolute Gasteiger partial charge is 0.317 e. The predicted octanol–water partition coefficient (Wildman–Crippen LogP) is 2.03. The van der Waals surface area contributed by atoms with Crippen molar-refractivity contribution in [3.05, 3.63) is 35.7 Å². The largest absolute Gasteiger partial charge is 0.419 e. The maximum atomic E-state index is 11.9. The predicted molar refractivity (Wildman–Crippen MR) is 92.9 cm³/mol. The van der Waals surface area contributed by atoms with Crippen LogP contribution >= 0.6 is 0 Å². The Morgan fingerprint density at radius 2 is 2.08 bits per heavy atom. The third-order valence-corrected chi connectivity index (χ3v) is 4.94. The molecule has 3 heterocycles. The Labute approximate surface area is 147 Å². The molecule has 1 aromatic heterocycles.